The highest BCUT2D eigenvalue weighted by Gasteiger charge is 2.55. The number of carbonyl (C=O) groups excluding carboxylic acids is 1. The topological polar surface area (TPSA) is 68.5 Å². The van der Waals surface area contributed by atoms with Gasteiger partial charge < -0.3 is 14.2 Å². The molecule has 5 rings (SSSR count). The standard InChI is InChI=1S/C22H27N3O3/c1-25(2)20(26)18-14-5-4-13(12-14)17(18)19-23-21(24-28-19)22(10-11-22)15-6-8-16(27-3)9-7-15/h6-9,13-14,17-18H,4-5,10-12H2,1-3H3/t13-,14+,17+,18+/m1/s1. The van der Waals surface area contributed by atoms with Gasteiger partial charge in [0.1, 0.15) is 5.75 Å². The second kappa shape index (κ2) is 6.33. The highest BCUT2D eigenvalue weighted by atomic mass is 16.5. The third-order valence-electron chi connectivity index (χ3n) is 7.19. The zero-order valence-electron chi connectivity index (χ0n) is 16.7. The summed E-state index contributed by atoms with van der Waals surface area (Å²) >= 11 is 0. The summed E-state index contributed by atoms with van der Waals surface area (Å²) in [4.78, 5) is 19.4. The Balaban J connectivity index is 1.45. The van der Waals surface area contributed by atoms with Gasteiger partial charge in [-0.3, -0.25) is 4.79 Å². The number of fused-ring (bicyclic) bond motifs is 2. The minimum atomic E-state index is -0.146. The van der Waals surface area contributed by atoms with Crippen LogP contribution in [-0.2, 0) is 10.2 Å². The van der Waals surface area contributed by atoms with Gasteiger partial charge in [-0.25, -0.2) is 0 Å². The first-order valence-electron chi connectivity index (χ1n) is 10.2. The van der Waals surface area contributed by atoms with Gasteiger partial charge in [-0.1, -0.05) is 17.3 Å². The Morgan fingerprint density at radius 3 is 2.54 bits per heavy atom. The Morgan fingerprint density at radius 2 is 1.89 bits per heavy atom. The molecule has 3 saturated carbocycles. The molecule has 0 aliphatic heterocycles. The van der Waals surface area contributed by atoms with Crippen molar-refractivity contribution < 1.29 is 14.1 Å². The summed E-state index contributed by atoms with van der Waals surface area (Å²) in [6.45, 7) is 0. The molecule has 1 aromatic carbocycles. The Bertz CT molecular complexity index is 885. The lowest BCUT2D eigenvalue weighted by Crippen LogP contribution is -2.36. The number of nitrogens with zero attached hydrogens (tertiary/aromatic N) is 3. The SMILES string of the molecule is COc1ccc(C2(c3noc([C@H]4[C@@H]5CC[C@@H](C5)[C@@H]4C(=O)N(C)C)n3)CC2)cc1. The lowest BCUT2D eigenvalue weighted by atomic mass is 9.78. The van der Waals surface area contributed by atoms with Gasteiger partial charge >= 0.3 is 0 Å². The highest BCUT2D eigenvalue weighted by Crippen LogP contribution is 2.58. The molecule has 1 heterocycles. The predicted molar refractivity (Wildman–Crippen MR) is 103 cm³/mol. The quantitative estimate of drug-likeness (QED) is 0.794. The molecule has 2 bridgehead atoms. The minimum Gasteiger partial charge on any atom is -0.497 e. The number of hydrogen-bond acceptors (Lipinski definition) is 5. The van der Waals surface area contributed by atoms with Crippen LogP contribution in [0.3, 0.4) is 0 Å². The summed E-state index contributed by atoms with van der Waals surface area (Å²) in [6.07, 6.45) is 5.45. The van der Waals surface area contributed by atoms with E-state index in [0.29, 0.717) is 17.7 Å². The van der Waals surface area contributed by atoms with Crippen LogP contribution in [0.25, 0.3) is 0 Å². The molecule has 0 radical (unpaired) electrons. The van der Waals surface area contributed by atoms with Crippen molar-refractivity contribution >= 4 is 5.91 Å². The molecule has 0 N–H and O–H groups in total. The zero-order valence-corrected chi connectivity index (χ0v) is 16.7. The van der Waals surface area contributed by atoms with Crippen molar-refractivity contribution in [3.05, 3.63) is 41.5 Å². The van der Waals surface area contributed by atoms with E-state index in [4.69, 9.17) is 14.2 Å². The first-order chi connectivity index (χ1) is 13.5. The molecule has 1 amide bonds. The third kappa shape index (κ3) is 2.57. The van der Waals surface area contributed by atoms with E-state index in [-0.39, 0.29) is 23.2 Å². The monoisotopic (exact) mass is 381 g/mol. The molecular weight excluding hydrogens is 354 g/mol. The number of hydrogen-bond donors (Lipinski definition) is 0. The average molecular weight is 381 g/mol. The highest BCUT2D eigenvalue weighted by molar-refractivity contribution is 5.80. The summed E-state index contributed by atoms with van der Waals surface area (Å²) in [6, 6.07) is 8.16. The maximum atomic E-state index is 12.8. The number of methoxy groups -OCH3 is 1. The molecular formula is C22H27N3O3. The Morgan fingerprint density at radius 1 is 1.18 bits per heavy atom. The molecule has 0 saturated heterocycles. The van der Waals surface area contributed by atoms with Crippen LogP contribution in [0, 0.1) is 17.8 Å². The van der Waals surface area contributed by atoms with E-state index in [0.717, 1.165) is 43.7 Å². The van der Waals surface area contributed by atoms with Crippen molar-refractivity contribution in [1.82, 2.24) is 15.0 Å². The lowest BCUT2D eigenvalue weighted by Gasteiger charge is -2.29. The van der Waals surface area contributed by atoms with Gasteiger partial charge in [-0.05, 0) is 61.6 Å². The average Bonchev–Trinajstić information content (AvgIpc) is 3.07. The van der Waals surface area contributed by atoms with Crippen molar-refractivity contribution in [2.75, 3.05) is 21.2 Å². The van der Waals surface area contributed by atoms with E-state index < -0.39 is 0 Å². The van der Waals surface area contributed by atoms with Gasteiger partial charge in [0.15, 0.2) is 5.82 Å². The van der Waals surface area contributed by atoms with E-state index in [1.54, 1.807) is 12.0 Å². The molecule has 6 nitrogen and oxygen atoms in total. The summed E-state index contributed by atoms with van der Waals surface area (Å²) in [5.41, 5.74) is 1.06. The van der Waals surface area contributed by atoms with Crippen molar-refractivity contribution in [2.45, 2.75) is 43.4 Å². The largest absolute Gasteiger partial charge is 0.497 e. The van der Waals surface area contributed by atoms with E-state index in [1.807, 2.05) is 26.2 Å². The fourth-order valence-corrected chi connectivity index (χ4v) is 5.54. The molecule has 3 aliphatic carbocycles. The molecule has 1 aromatic heterocycles. The van der Waals surface area contributed by atoms with Crippen molar-refractivity contribution in [3.63, 3.8) is 0 Å². The smallest absolute Gasteiger partial charge is 0.230 e. The van der Waals surface area contributed by atoms with Gasteiger partial charge in [0.2, 0.25) is 11.8 Å². The van der Waals surface area contributed by atoms with Crippen LogP contribution in [0.4, 0.5) is 0 Å². The first-order valence-corrected chi connectivity index (χ1v) is 10.2. The van der Waals surface area contributed by atoms with Crippen LogP contribution >= 0.6 is 0 Å². The number of carbonyl (C=O) groups is 1. The zero-order chi connectivity index (χ0) is 19.5. The lowest BCUT2D eigenvalue weighted by molar-refractivity contribution is -0.135. The van der Waals surface area contributed by atoms with Crippen LogP contribution in [-0.4, -0.2) is 42.2 Å². The van der Waals surface area contributed by atoms with Crippen LogP contribution in [0.15, 0.2) is 28.8 Å². The Kier molecular flexibility index (Phi) is 4.00. The summed E-state index contributed by atoms with van der Waals surface area (Å²) in [5.74, 6) is 3.49. The molecule has 28 heavy (non-hydrogen) atoms. The maximum Gasteiger partial charge on any atom is 0.230 e. The van der Waals surface area contributed by atoms with Crippen LogP contribution in [0.2, 0.25) is 0 Å². The maximum absolute atomic E-state index is 12.8. The number of amides is 1. The first kappa shape index (κ1) is 17.7. The molecule has 4 atom stereocenters. The number of rotatable bonds is 5. The normalized spacial score (nSPS) is 29.7. The van der Waals surface area contributed by atoms with E-state index >= 15 is 0 Å². The molecule has 6 heteroatoms. The van der Waals surface area contributed by atoms with Crippen LogP contribution < -0.4 is 4.74 Å². The predicted octanol–water partition coefficient (Wildman–Crippen LogP) is 3.38. The van der Waals surface area contributed by atoms with Crippen molar-refractivity contribution in [1.29, 1.82) is 0 Å². The molecule has 2 aromatic rings. The Labute approximate surface area is 165 Å². The Hall–Kier alpha value is -2.37. The molecule has 148 valence electrons. The number of ether oxygens (including phenoxy) is 1. The van der Waals surface area contributed by atoms with E-state index in [1.165, 1.54) is 5.56 Å². The number of benzene rings is 1. The summed E-state index contributed by atoms with van der Waals surface area (Å²) in [7, 11) is 5.36. The van der Waals surface area contributed by atoms with Gasteiger partial charge in [-0.15, -0.1) is 0 Å². The van der Waals surface area contributed by atoms with E-state index in [9.17, 15) is 4.79 Å². The van der Waals surface area contributed by atoms with Crippen LogP contribution in [0.5, 0.6) is 5.75 Å². The second-order valence-electron chi connectivity index (χ2n) is 8.88. The van der Waals surface area contributed by atoms with Crippen molar-refractivity contribution in [2.24, 2.45) is 17.8 Å². The molecule has 3 fully saturated rings. The van der Waals surface area contributed by atoms with E-state index in [2.05, 4.69) is 17.3 Å². The minimum absolute atomic E-state index is 0.0156. The third-order valence-corrected chi connectivity index (χ3v) is 7.19. The second-order valence-corrected chi connectivity index (χ2v) is 8.88. The van der Waals surface area contributed by atoms with Gasteiger partial charge in [-0.2, -0.15) is 4.98 Å². The molecule has 3 aliphatic rings. The van der Waals surface area contributed by atoms with Gasteiger partial charge in [0.05, 0.1) is 24.4 Å². The fourth-order valence-electron chi connectivity index (χ4n) is 5.54. The summed E-state index contributed by atoms with van der Waals surface area (Å²) in [5, 5.41) is 4.39. The van der Waals surface area contributed by atoms with Crippen LogP contribution in [0.1, 0.15) is 55.3 Å². The van der Waals surface area contributed by atoms with Gasteiger partial charge in [0.25, 0.3) is 0 Å². The number of aromatic nitrogens is 2. The molecule has 0 spiro atoms. The summed E-state index contributed by atoms with van der Waals surface area (Å²) < 4.78 is 11.1. The van der Waals surface area contributed by atoms with Crippen molar-refractivity contribution in [3.8, 4) is 5.75 Å². The van der Waals surface area contributed by atoms with Gasteiger partial charge in [0, 0.05) is 14.1 Å². The molecule has 0 unspecified atom stereocenters. The fraction of sp³-hybridized carbons (Fsp3) is 0.591.